The maximum absolute atomic E-state index is 12.9. The minimum Gasteiger partial charge on any atom is -0.411 e. The van der Waals surface area contributed by atoms with Crippen LogP contribution >= 0.6 is 11.3 Å². The number of thiazole rings is 1. The second kappa shape index (κ2) is 4.49. The van der Waals surface area contributed by atoms with Crippen LogP contribution in [0.3, 0.4) is 0 Å². The number of hydrogen-bond donors (Lipinski definition) is 1. The second-order valence-electron chi connectivity index (χ2n) is 4.20. The van der Waals surface area contributed by atoms with Crippen LogP contribution in [0.5, 0.6) is 0 Å². The summed E-state index contributed by atoms with van der Waals surface area (Å²) < 4.78 is 12.9. The van der Waals surface area contributed by atoms with Gasteiger partial charge in [-0.25, -0.2) is 9.37 Å². The third-order valence-corrected chi connectivity index (χ3v) is 4.16. The van der Waals surface area contributed by atoms with Crippen molar-refractivity contribution in [3.05, 3.63) is 40.7 Å². The van der Waals surface area contributed by atoms with Gasteiger partial charge in [0.05, 0.1) is 0 Å². The van der Waals surface area contributed by atoms with Gasteiger partial charge in [-0.1, -0.05) is 5.16 Å². The quantitative estimate of drug-likeness (QED) is 0.632. The average Bonchev–Trinajstić information content (AvgIpc) is 2.83. The summed E-state index contributed by atoms with van der Waals surface area (Å²) >= 11 is 1.59. The minimum absolute atomic E-state index is 0.252. The predicted octanol–water partition coefficient (Wildman–Crippen LogP) is 3.46. The fourth-order valence-electron chi connectivity index (χ4n) is 2.09. The van der Waals surface area contributed by atoms with Crippen molar-refractivity contribution in [2.45, 2.75) is 19.3 Å². The van der Waals surface area contributed by atoms with Gasteiger partial charge >= 0.3 is 0 Å². The maximum atomic E-state index is 12.9. The number of halogens is 1. The number of aryl methyl sites for hydroxylation is 1. The van der Waals surface area contributed by atoms with E-state index in [1.165, 1.54) is 12.1 Å². The largest absolute Gasteiger partial charge is 0.411 e. The maximum Gasteiger partial charge on any atom is 0.124 e. The molecular weight excluding hydrogens is 251 g/mol. The molecule has 0 spiro atoms. The second-order valence-corrected chi connectivity index (χ2v) is 5.28. The van der Waals surface area contributed by atoms with E-state index in [0.29, 0.717) is 5.71 Å². The Labute approximate surface area is 108 Å². The summed E-state index contributed by atoms with van der Waals surface area (Å²) in [7, 11) is 0. The summed E-state index contributed by atoms with van der Waals surface area (Å²) in [4.78, 5) is 5.65. The van der Waals surface area contributed by atoms with Crippen molar-refractivity contribution in [3.8, 4) is 10.6 Å². The van der Waals surface area contributed by atoms with Crippen LogP contribution < -0.4 is 0 Å². The summed E-state index contributed by atoms with van der Waals surface area (Å²) in [6, 6.07) is 6.29. The molecule has 18 heavy (non-hydrogen) atoms. The van der Waals surface area contributed by atoms with E-state index in [9.17, 15) is 4.39 Å². The van der Waals surface area contributed by atoms with E-state index >= 15 is 0 Å². The Bertz CT molecular complexity index is 604. The molecule has 0 amide bonds. The van der Waals surface area contributed by atoms with Crippen LogP contribution in [0, 0.1) is 5.82 Å². The summed E-state index contributed by atoms with van der Waals surface area (Å²) in [6.45, 7) is 0. The molecule has 92 valence electrons. The lowest BCUT2D eigenvalue weighted by Gasteiger charge is -2.09. The van der Waals surface area contributed by atoms with Gasteiger partial charge in [-0.05, 0) is 43.5 Å². The fraction of sp³-hybridized carbons (Fsp3) is 0.231. The highest BCUT2D eigenvalue weighted by molar-refractivity contribution is 7.15. The fourth-order valence-corrected chi connectivity index (χ4v) is 3.23. The molecule has 0 radical (unpaired) electrons. The molecule has 0 saturated carbocycles. The lowest BCUT2D eigenvalue weighted by Crippen LogP contribution is -2.10. The molecule has 1 aromatic heterocycles. The van der Waals surface area contributed by atoms with Crippen molar-refractivity contribution in [1.82, 2.24) is 4.98 Å². The summed E-state index contributed by atoms with van der Waals surface area (Å²) in [6.07, 6.45) is 2.71. The Hall–Kier alpha value is -1.75. The van der Waals surface area contributed by atoms with Crippen molar-refractivity contribution in [2.24, 2.45) is 5.16 Å². The van der Waals surface area contributed by atoms with Crippen LogP contribution in [-0.2, 0) is 6.42 Å². The van der Waals surface area contributed by atoms with Gasteiger partial charge in [-0.3, -0.25) is 0 Å². The van der Waals surface area contributed by atoms with Crippen LogP contribution in [0.25, 0.3) is 10.6 Å². The van der Waals surface area contributed by atoms with E-state index in [1.807, 2.05) is 0 Å². The average molecular weight is 262 g/mol. The molecule has 0 aliphatic heterocycles. The molecule has 1 aliphatic rings. The lowest BCUT2D eigenvalue weighted by atomic mass is 10.0. The molecule has 0 atom stereocenters. The highest BCUT2D eigenvalue weighted by atomic mass is 32.1. The molecule has 3 nitrogen and oxygen atoms in total. The zero-order valence-electron chi connectivity index (χ0n) is 9.56. The SMILES string of the molecule is O/N=C1\CCCc2sc(-c3ccc(F)cc3)nc21. The highest BCUT2D eigenvalue weighted by Gasteiger charge is 2.21. The number of aromatic nitrogens is 1. The van der Waals surface area contributed by atoms with Gasteiger partial charge in [0.1, 0.15) is 22.2 Å². The molecular formula is C13H11FN2OS. The monoisotopic (exact) mass is 262 g/mol. The van der Waals surface area contributed by atoms with Crippen molar-refractivity contribution < 1.29 is 9.60 Å². The zero-order valence-corrected chi connectivity index (χ0v) is 10.4. The number of hydrogen-bond acceptors (Lipinski definition) is 4. The molecule has 1 aromatic carbocycles. The van der Waals surface area contributed by atoms with E-state index < -0.39 is 0 Å². The van der Waals surface area contributed by atoms with E-state index in [1.54, 1.807) is 23.5 Å². The molecule has 0 unspecified atom stereocenters. The van der Waals surface area contributed by atoms with Gasteiger partial charge in [0.2, 0.25) is 0 Å². The van der Waals surface area contributed by atoms with Crippen molar-refractivity contribution in [1.29, 1.82) is 0 Å². The van der Waals surface area contributed by atoms with Crippen LogP contribution in [-0.4, -0.2) is 15.9 Å². The van der Waals surface area contributed by atoms with Crippen molar-refractivity contribution >= 4 is 17.0 Å². The molecule has 1 N–H and O–H groups in total. The predicted molar refractivity (Wildman–Crippen MR) is 68.8 cm³/mol. The summed E-state index contributed by atoms with van der Waals surface area (Å²) in [5.41, 5.74) is 2.35. The third-order valence-electron chi connectivity index (χ3n) is 3.00. The number of rotatable bonds is 1. The minimum atomic E-state index is -0.252. The molecule has 1 aliphatic carbocycles. The summed E-state index contributed by atoms with van der Waals surface area (Å²) in [5, 5.41) is 13.1. The van der Waals surface area contributed by atoms with Crippen molar-refractivity contribution in [2.75, 3.05) is 0 Å². The first-order chi connectivity index (χ1) is 8.78. The standard InChI is InChI=1S/C13H11FN2OS/c14-9-6-4-8(5-7-9)13-15-12-10(16-17)2-1-3-11(12)18-13/h4-7,17H,1-3H2/b16-10+. The summed E-state index contributed by atoms with van der Waals surface area (Å²) in [5.74, 6) is -0.252. The van der Waals surface area contributed by atoms with Crippen LogP contribution in [0.4, 0.5) is 4.39 Å². The van der Waals surface area contributed by atoms with Gasteiger partial charge < -0.3 is 5.21 Å². The Balaban J connectivity index is 2.05. The Morgan fingerprint density at radius 3 is 2.72 bits per heavy atom. The molecule has 3 rings (SSSR count). The third kappa shape index (κ3) is 1.90. The number of benzene rings is 1. The van der Waals surface area contributed by atoms with Crippen LogP contribution in [0.1, 0.15) is 23.4 Å². The first-order valence-corrected chi connectivity index (χ1v) is 6.56. The zero-order chi connectivity index (χ0) is 12.5. The van der Waals surface area contributed by atoms with Gasteiger partial charge in [0.15, 0.2) is 0 Å². The first-order valence-electron chi connectivity index (χ1n) is 5.75. The molecule has 1 heterocycles. The normalized spacial score (nSPS) is 16.8. The lowest BCUT2D eigenvalue weighted by molar-refractivity contribution is 0.317. The van der Waals surface area contributed by atoms with E-state index in [2.05, 4.69) is 10.1 Å². The topological polar surface area (TPSA) is 45.5 Å². The van der Waals surface area contributed by atoms with Gasteiger partial charge in [0.25, 0.3) is 0 Å². The van der Waals surface area contributed by atoms with E-state index in [0.717, 1.165) is 40.4 Å². The highest BCUT2D eigenvalue weighted by Crippen LogP contribution is 2.32. The first kappa shape index (κ1) is 11.3. The van der Waals surface area contributed by atoms with Crippen molar-refractivity contribution in [3.63, 3.8) is 0 Å². The van der Waals surface area contributed by atoms with E-state index in [-0.39, 0.29) is 5.82 Å². The van der Waals surface area contributed by atoms with Gasteiger partial charge in [-0.2, -0.15) is 0 Å². The number of fused-ring (bicyclic) bond motifs is 1. The Kier molecular flexibility index (Phi) is 2.83. The number of nitrogens with zero attached hydrogens (tertiary/aromatic N) is 2. The molecule has 2 aromatic rings. The number of oxime groups is 1. The molecule has 0 bridgehead atoms. The van der Waals surface area contributed by atoms with Gasteiger partial charge in [-0.15, -0.1) is 11.3 Å². The van der Waals surface area contributed by atoms with E-state index in [4.69, 9.17) is 5.21 Å². The smallest absolute Gasteiger partial charge is 0.124 e. The van der Waals surface area contributed by atoms with Gasteiger partial charge in [0, 0.05) is 10.4 Å². The molecule has 5 heteroatoms. The van der Waals surface area contributed by atoms with Crippen LogP contribution in [0.15, 0.2) is 29.4 Å². The Morgan fingerprint density at radius 2 is 2.00 bits per heavy atom. The Morgan fingerprint density at radius 1 is 1.22 bits per heavy atom. The molecule has 0 saturated heterocycles. The van der Waals surface area contributed by atoms with Crippen LogP contribution in [0.2, 0.25) is 0 Å². The molecule has 0 fully saturated rings.